The Morgan fingerprint density at radius 1 is 0.889 bits per heavy atom. The van der Waals surface area contributed by atoms with Crippen LogP contribution in [0.2, 0.25) is 0 Å². The van der Waals surface area contributed by atoms with Crippen LogP contribution in [0, 0.1) is 0 Å². The Hall–Kier alpha value is -1.20. The molecular formula is C20H30NiO5S. The van der Waals surface area contributed by atoms with Crippen LogP contribution in [0.15, 0.2) is 24.3 Å². The quantitative estimate of drug-likeness (QED) is 0.373. The Labute approximate surface area is 176 Å². The summed E-state index contributed by atoms with van der Waals surface area (Å²) in [5, 5.41) is 28.8. The predicted molar refractivity (Wildman–Crippen MR) is 102 cm³/mol. The molecule has 156 valence electrons. The molecule has 0 aliphatic heterocycles. The summed E-state index contributed by atoms with van der Waals surface area (Å²) in [6.07, 6.45) is 9.13. The number of aromatic hydroxyl groups is 1. The van der Waals surface area contributed by atoms with Crippen LogP contribution < -0.4 is 10.2 Å². The van der Waals surface area contributed by atoms with Gasteiger partial charge in [-0.15, -0.1) is 0 Å². The fraction of sp³-hybridized carbons (Fsp3) is 0.600. The van der Waals surface area contributed by atoms with E-state index in [1.54, 1.807) is 12.1 Å². The predicted octanol–water partition coefficient (Wildman–Crippen LogP) is 2.29. The third-order valence-electron chi connectivity index (χ3n) is 3.66. The minimum atomic E-state index is -1.11. The minimum Gasteiger partial charge on any atom is -0.550 e. The zero-order chi connectivity index (χ0) is 19.6. The van der Waals surface area contributed by atoms with Crippen LogP contribution in [0.25, 0.3) is 0 Å². The van der Waals surface area contributed by atoms with E-state index in [1.807, 2.05) is 12.1 Å². The van der Waals surface area contributed by atoms with Crippen molar-refractivity contribution in [3.63, 3.8) is 0 Å². The molecule has 0 amide bonds. The van der Waals surface area contributed by atoms with Crippen molar-refractivity contribution in [3.8, 4) is 5.75 Å². The maximum atomic E-state index is 9.84. The molecule has 1 N–H and O–H groups in total. The van der Waals surface area contributed by atoms with Gasteiger partial charge in [-0.2, -0.15) is 11.8 Å². The van der Waals surface area contributed by atoms with E-state index in [1.165, 1.54) is 55.9 Å². The molecular weight excluding hydrogens is 411 g/mol. The van der Waals surface area contributed by atoms with E-state index in [2.05, 4.69) is 6.92 Å². The van der Waals surface area contributed by atoms with Crippen molar-refractivity contribution in [1.29, 1.82) is 0 Å². The zero-order valence-corrected chi connectivity index (χ0v) is 17.7. The Kier molecular flexibility index (Phi) is 20.3. The average molecular weight is 441 g/mol. The molecule has 0 aliphatic carbocycles. The van der Waals surface area contributed by atoms with Crippen molar-refractivity contribution in [1.82, 2.24) is 0 Å². The maximum absolute atomic E-state index is 9.84. The van der Waals surface area contributed by atoms with Crippen molar-refractivity contribution in [2.45, 2.75) is 64.7 Å². The molecule has 5 nitrogen and oxygen atoms in total. The summed E-state index contributed by atoms with van der Waals surface area (Å²) < 4.78 is 0. The number of phenolic OH excluding ortho intramolecular Hbond substituents is 1. The van der Waals surface area contributed by atoms with Gasteiger partial charge in [0.1, 0.15) is 5.75 Å². The van der Waals surface area contributed by atoms with E-state index in [0.717, 1.165) is 6.42 Å². The van der Waals surface area contributed by atoms with Crippen LogP contribution in [0.4, 0.5) is 0 Å². The van der Waals surface area contributed by atoms with Crippen molar-refractivity contribution in [2.24, 2.45) is 0 Å². The molecule has 7 heteroatoms. The molecule has 0 saturated heterocycles. The molecule has 0 bridgehead atoms. The fourth-order valence-corrected chi connectivity index (χ4v) is 3.01. The van der Waals surface area contributed by atoms with Crippen LogP contribution >= 0.6 is 11.8 Å². The molecule has 0 radical (unpaired) electrons. The number of aliphatic carboxylic acids is 2. The smallest absolute Gasteiger partial charge is 0.550 e. The number of benzene rings is 1. The number of aryl methyl sites for hydroxylation is 1. The monoisotopic (exact) mass is 440 g/mol. The third-order valence-corrected chi connectivity index (χ3v) is 4.64. The largest absolute Gasteiger partial charge is 2.00 e. The summed E-state index contributed by atoms with van der Waals surface area (Å²) in [5.41, 5.74) is 1.34. The molecule has 0 heterocycles. The first kappa shape index (κ1) is 28.0. The van der Waals surface area contributed by atoms with E-state index < -0.39 is 11.9 Å². The van der Waals surface area contributed by atoms with Crippen LogP contribution in [0.3, 0.4) is 0 Å². The summed E-state index contributed by atoms with van der Waals surface area (Å²) in [4.78, 5) is 19.7. The molecule has 1 aromatic carbocycles. The number of unbranched alkanes of at least 4 members (excludes halogenated alkanes) is 5. The Morgan fingerprint density at radius 3 is 1.85 bits per heavy atom. The molecule has 0 unspecified atom stereocenters. The van der Waals surface area contributed by atoms with E-state index in [9.17, 15) is 19.8 Å². The molecule has 0 fully saturated rings. The van der Waals surface area contributed by atoms with Gasteiger partial charge in [0.15, 0.2) is 0 Å². The van der Waals surface area contributed by atoms with E-state index in [-0.39, 0.29) is 29.3 Å². The second kappa shape index (κ2) is 19.6. The number of carbonyl (C=O) groups excluding carboxylic acids is 2. The second-order valence-electron chi connectivity index (χ2n) is 6.04. The number of carbonyl (C=O) groups is 2. The van der Waals surface area contributed by atoms with Gasteiger partial charge in [0.05, 0.1) is 0 Å². The Balaban J connectivity index is 0. The molecule has 0 aliphatic rings. The van der Waals surface area contributed by atoms with Gasteiger partial charge in [-0.3, -0.25) is 0 Å². The zero-order valence-electron chi connectivity index (χ0n) is 15.9. The first-order chi connectivity index (χ1) is 12.5. The molecule has 1 aromatic rings. The SMILES string of the molecule is CCCCCCCCc1ccc(O)cc1.O=C([O-])CCSCCC(=O)[O-].[Ni+2]. The molecule has 0 atom stereocenters. The van der Waals surface area contributed by atoms with Crippen molar-refractivity contribution < 1.29 is 41.4 Å². The first-order valence-corrected chi connectivity index (χ1v) is 10.4. The van der Waals surface area contributed by atoms with Gasteiger partial charge < -0.3 is 24.9 Å². The summed E-state index contributed by atoms with van der Waals surface area (Å²) in [6.45, 7) is 2.25. The molecule has 0 aromatic heterocycles. The number of thioether (sulfide) groups is 1. The van der Waals surface area contributed by atoms with Gasteiger partial charge in [-0.25, -0.2) is 0 Å². The fourth-order valence-electron chi connectivity index (χ4n) is 2.19. The molecule has 1 rings (SSSR count). The van der Waals surface area contributed by atoms with Gasteiger partial charge in [-0.1, -0.05) is 51.2 Å². The minimum absolute atomic E-state index is 0. The van der Waals surface area contributed by atoms with Gasteiger partial charge in [0.2, 0.25) is 0 Å². The maximum Gasteiger partial charge on any atom is 2.00 e. The Morgan fingerprint density at radius 2 is 1.37 bits per heavy atom. The van der Waals surface area contributed by atoms with Gasteiger partial charge >= 0.3 is 16.5 Å². The average Bonchev–Trinajstić information content (AvgIpc) is 2.59. The van der Waals surface area contributed by atoms with E-state index >= 15 is 0 Å². The molecule has 27 heavy (non-hydrogen) atoms. The summed E-state index contributed by atoms with van der Waals surface area (Å²) >= 11 is 1.27. The third kappa shape index (κ3) is 21.0. The number of phenols is 1. The van der Waals surface area contributed by atoms with Crippen LogP contribution in [0.5, 0.6) is 5.75 Å². The summed E-state index contributed by atoms with van der Waals surface area (Å²) in [6, 6.07) is 7.57. The topological polar surface area (TPSA) is 100 Å². The van der Waals surface area contributed by atoms with Gasteiger partial charge in [-0.05, 0) is 54.9 Å². The van der Waals surface area contributed by atoms with Crippen molar-refractivity contribution in [3.05, 3.63) is 29.8 Å². The first-order valence-electron chi connectivity index (χ1n) is 9.21. The Bertz CT molecular complexity index is 478. The van der Waals surface area contributed by atoms with Crippen molar-refractivity contribution in [2.75, 3.05) is 11.5 Å². The summed E-state index contributed by atoms with van der Waals surface area (Å²) in [5.74, 6) is -1.05. The van der Waals surface area contributed by atoms with Crippen molar-refractivity contribution >= 4 is 23.7 Å². The molecule has 0 saturated carbocycles. The van der Waals surface area contributed by atoms with Crippen LogP contribution in [-0.2, 0) is 32.5 Å². The number of hydrogen-bond donors (Lipinski definition) is 1. The van der Waals surface area contributed by atoms with Crippen LogP contribution in [0.1, 0.15) is 63.9 Å². The second-order valence-corrected chi connectivity index (χ2v) is 7.27. The molecule has 0 spiro atoms. The number of carboxylic acids is 2. The number of rotatable bonds is 13. The number of carboxylic acid groups (broad SMARTS) is 2. The summed E-state index contributed by atoms with van der Waals surface area (Å²) in [7, 11) is 0. The number of hydrogen-bond acceptors (Lipinski definition) is 6. The van der Waals surface area contributed by atoms with Gasteiger partial charge in [0.25, 0.3) is 0 Å². The van der Waals surface area contributed by atoms with Gasteiger partial charge in [0, 0.05) is 11.9 Å². The van der Waals surface area contributed by atoms with E-state index in [0.29, 0.717) is 17.3 Å². The van der Waals surface area contributed by atoms with E-state index in [4.69, 9.17) is 5.11 Å². The normalized spacial score (nSPS) is 9.67. The standard InChI is InChI=1S/C14H22O.C6H10O4S.Ni/c1-2-3-4-5-6-7-8-13-9-11-14(15)12-10-13;7-5(8)1-3-11-4-2-6(9)10;/h9-12,15H,2-8H2,1H3;1-4H2,(H,7,8)(H,9,10);/q;;+2/p-2. The van der Waals surface area contributed by atoms with Crippen LogP contribution in [-0.4, -0.2) is 28.6 Å².